The molecule has 2 rings (SSSR count). The van der Waals surface area contributed by atoms with Gasteiger partial charge < -0.3 is 19.5 Å². The summed E-state index contributed by atoms with van der Waals surface area (Å²) in [6.07, 6.45) is 0.919. The van der Waals surface area contributed by atoms with Crippen LogP contribution in [0.1, 0.15) is 31.4 Å². The number of nitrogens with one attached hydrogen (secondary N) is 1. The number of nitrogens with zero attached hydrogens (tertiary/aromatic N) is 2. The molecule has 6 nitrogen and oxygen atoms in total. The van der Waals surface area contributed by atoms with E-state index in [9.17, 15) is 9.59 Å². The summed E-state index contributed by atoms with van der Waals surface area (Å²) >= 11 is 0. The summed E-state index contributed by atoms with van der Waals surface area (Å²) in [7, 11) is 3.99. The van der Waals surface area contributed by atoms with Crippen molar-refractivity contribution in [3.63, 3.8) is 0 Å². The lowest BCUT2D eigenvalue weighted by molar-refractivity contribution is -0.120. The van der Waals surface area contributed by atoms with Crippen molar-refractivity contribution >= 4 is 22.6 Å². The van der Waals surface area contributed by atoms with E-state index in [0.29, 0.717) is 17.7 Å². The van der Waals surface area contributed by atoms with Gasteiger partial charge in [-0.3, -0.25) is 4.79 Å². The monoisotopic (exact) mass is 373 g/mol. The summed E-state index contributed by atoms with van der Waals surface area (Å²) < 4.78 is 5.54. The van der Waals surface area contributed by atoms with E-state index in [0.717, 1.165) is 42.7 Å². The Morgan fingerprint density at radius 3 is 2.52 bits per heavy atom. The van der Waals surface area contributed by atoms with Crippen LogP contribution in [0.4, 0.5) is 5.69 Å². The minimum Gasteiger partial charge on any atom is -0.422 e. The Morgan fingerprint density at radius 1 is 1.19 bits per heavy atom. The maximum Gasteiger partial charge on any atom is 0.340 e. The molecule has 1 aromatic carbocycles. The van der Waals surface area contributed by atoms with E-state index in [1.807, 2.05) is 39.2 Å². The number of hydrogen-bond acceptors (Lipinski definition) is 5. The van der Waals surface area contributed by atoms with E-state index in [1.165, 1.54) is 0 Å². The van der Waals surface area contributed by atoms with E-state index in [1.54, 1.807) is 0 Å². The van der Waals surface area contributed by atoms with Crippen LogP contribution in [-0.4, -0.2) is 51.1 Å². The fraction of sp³-hybridized carbons (Fsp3) is 0.524. The molecule has 1 heterocycles. The number of anilines is 1. The first kappa shape index (κ1) is 21.0. The minimum atomic E-state index is -0.430. The molecule has 0 unspecified atom stereocenters. The van der Waals surface area contributed by atoms with Gasteiger partial charge in [0, 0.05) is 36.8 Å². The zero-order valence-corrected chi connectivity index (χ0v) is 17.1. The van der Waals surface area contributed by atoms with Crippen molar-refractivity contribution in [2.75, 3.05) is 45.2 Å². The Labute approximate surface area is 161 Å². The summed E-state index contributed by atoms with van der Waals surface area (Å²) in [4.78, 5) is 28.9. The predicted molar refractivity (Wildman–Crippen MR) is 111 cm³/mol. The van der Waals surface area contributed by atoms with Gasteiger partial charge in [-0.1, -0.05) is 0 Å². The fourth-order valence-electron chi connectivity index (χ4n) is 3.22. The maximum absolute atomic E-state index is 12.5. The highest BCUT2D eigenvalue weighted by atomic mass is 16.4. The molecular formula is C21H31N3O3. The van der Waals surface area contributed by atoms with Gasteiger partial charge in [-0.2, -0.15) is 0 Å². The highest BCUT2D eigenvalue weighted by Crippen LogP contribution is 2.25. The summed E-state index contributed by atoms with van der Waals surface area (Å²) in [5.74, 6) is -0.150. The van der Waals surface area contributed by atoms with Crippen LogP contribution in [0, 0.1) is 6.92 Å². The average Bonchev–Trinajstić information content (AvgIpc) is 2.63. The molecule has 0 radical (unpaired) electrons. The quantitative estimate of drug-likeness (QED) is 0.541. The Kier molecular flexibility index (Phi) is 7.42. The smallest absolute Gasteiger partial charge is 0.340 e. The zero-order valence-electron chi connectivity index (χ0n) is 17.1. The number of amides is 1. The molecular weight excluding hydrogens is 342 g/mol. The highest BCUT2D eigenvalue weighted by molar-refractivity contribution is 5.86. The van der Waals surface area contributed by atoms with Gasteiger partial charge in [0.1, 0.15) is 5.58 Å². The van der Waals surface area contributed by atoms with Crippen molar-refractivity contribution in [3.05, 3.63) is 39.7 Å². The summed E-state index contributed by atoms with van der Waals surface area (Å²) in [5, 5.41) is 3.75. The second-order valence-electron chi connectivity index (χ2n) is 7.03. The van der Waals surface area contributed by atoms with Gasteiger partial charge in [-0.05, 0) is 65.5 Å². The number of benzene rings is 1. The maximum atomic E-state index is 12.5. The normalized spacial score (nSPS) is 11.2. The molecule has 6 heteroatoms. The lowest BCUT2D eigenvalue weighted by atomic mass is 10.0. The number of aryl methyl sites for hydroxylation is 1. The predicted octanol–water partition coefficient (Wildman–Crippen LogP) is 2.56. The standard InChI is InChI=1S/C21H31N3O3/c1-6-24(7-2)16-9-10-17-15(3)18(21(26)27-19(17)13-16)14-20(25)22-11-8-12-23(4)5/h9-10,13H,6-8,11-12,14H2,1-5H3,(H,22,25). The SMILES string of the molecule is CCN(CC)c1ccc2c(C)c(CC(=O)NCCCN(C)C)c(=O)oc2c1. The highest BCUT2D eigenvalue weighted by Gasteiger charge is 2.15. The third-order valence-corrected chi connectivity index (χ3v) is 4.84. The first-order chi connectivity index (χ1) is 12.9. The van der Waals surface area contributed by atoms with Gasteiger partial charge in [0.15, 0.2) is 0 Å². The second kappa shape index (κ2) is 9.55. The third-order valence-electron chi connectivity index (χ3n) is 4.84. The van der Waals surface area contributed by atoms with E-state index in [2.05, 4.69) is 29.0 Å². The molecule has 2 aromatic rings. The molecule has 148 valence electrons. The molecule has 0 aliphatic heterocycles. The summed E-state index contributed by atoms with van der Waals surface area (Å²) in [6, 6.07) is 5.91. The van der Waals surface area contributed by atoms with Crippen LogP contribution in [0.25, 0.3) is 11.0 Å². The number of carbonyl (C=O) groups is 1. The van der Waals surface area contributed by atoms with Crippen LogP contribution in [0.5, 0.6) is 0 Å². The van der Waals surface area contributed by atoms with Crippen molar-refractivity contribution in [1.82, 2.24) is 10.2 Å². The number of hydrogen-bond donors (Lipinski definition) is 1. The lowest BCUT2D eigenvalue weighted by Gasteiger charge is -2.21. The lowest BCUT2D eigenvalue weighted by Crippen LogP contribution is -2.30. The topological polar surface area (TPSA) is 65.8 Å². The van der Waals surface area contributed by atoms with Gasteiger partial charge in [0.2, 0.25) is 5.91 Å². The number of fused-ring (bicyclic) bond motifs is 1. The number of rotatable bonds is 9. The van der Waals surface area contributed by atoms with Gasteiger partial charge in [-0.15, -0.1) is 0 Å². The molecule has 0 atom stereocenters. The van der Waals surface area contributed by atoms with E-state index in [4.69, 9.17) is 4.42 Å². The van der Waals surface area contributed by atoms with Crippen molar-refractivity contribution < 1.29 is 9.21 Å². The van der Waals surface area contributed by atoms with Crippen molar-refractivity contribution in [2.45, 2.75) is 33.6 Å². The largest absolute Gasteiger partial charge is 0.422 e. The molecule has 0 fully saturated rings. The van der Waals surface area contributed by atoms with Crippen LogP contribution in [0.15, 0.2) is 27.4 Å². The molecule has 0 aliphatic rings. The van der Waals surface area contributed by atoms with E-state index < -0.39 is 5.63 Å². The van der Waals surface area contributed by atoms with E-state index >= 15 is 0 Å². The molecule has 0 saturated heterocycles. The van der Waals surface area contributed by atoms with E-state index in [-0.39, 0.29) is 12.3 Å². The van der Waals surface area contributed by atoms with Crippen LogP contribution in [-0.2, 0) is 11.2 Å². The molecule has 0 spiro atoms. The van der Waals surface area contributed by atoms with Gasteiger partial charge in [0.25, 0.3) is 0 Å². The molecule has 27 heavy (non-hydrogen) atoms. The van der Waals surface area contributed by atoms with Crippen LogP contribution >= 0.6 is 0 Å². The summed E-state index contributed by atoms with van der Waals surface area (Å²) in [6.45, 7) is 9.35. The van der Waals surface area contributed by atoms with Gasteiger partial charge >= 0.3 is 5.63 Å². The minimum absolute atomic E-state index is 0.0455. The first-order valence-electron chi connectivity index (χ1n) is 9.60. The van der Waals surface area contributed by atoms with Crippen molar-refractivity contribution in [2.24, 2.45) is 0 Å². The Morgan fingerprint density at radius 2 is 1.89 bits per heavy atom. The fourth-order valence-corrected chi connectivity index (χ4v) is 3.22. The van der Waals surface area contributed by atoms with Crippen molar-refractivity contribution in [1.29, 1.82) is 0 Å². The third kappa shape index (κ3) is 5.32. The molecule has 1 aromatic heterocycles. The van der Waals surface area contributed by atoms with Crippen LogP contribution in [0.2, 0.25) is 0 Å². The van der Waals surface area contributed by atoms with Crippen LogP contribution < -0.4 is 15.8 Å². The second-order valence-corrected chi connectivity index (χ2v) is 7.03. The number of carbonyl (C=O) groups excluding carboxylic acids is 1. The molecule has 0 aliphatic carbocycles. The van der Waals surface area contributed by atoms with Crippen molar-refractivity contribution in [3.8, 4) is 0 Å². The Balaban J connectivity index is 2.20. The molecule has 0 saturated carbocycles. The van der Waals surface area contributed by atoms with Gasteiger partial charge in [-0.25, -0.2) is 4.79 Å². The Bertz CT molecular complexity index is 838. The summed E-state index contributed by atoms with van der Waals surface area (Å²) in [5.41, 5.74) is 2.41. The Hall–Kier alpha value is -2.34. The average molecular weight is 373 g/mol. The van der Waals surface area contributed by atoms with Gasteiger partial charge in [0.05, 0.1) is 12.0 Å². The molecule has 1 N–H and O–H groups in total. The molecule has 1 amide bonds. The van der Waals surface area contributed by atoms with Crippen LogP contribution in [0.3, 0.4) is 0 Å². The molecule has 0 bridgehead atoms. The first-order valence-corrected chi connectivity index (χ1v) is 9.60. The zero-order chi connectivity index (χ0) is 20.0.